The molecular formula is C28H29N9O. The number of aromatic amines is 1. The third-order valence-corrected chi connectivity index (χ3v) is 9.18. The molecule has 1 atom stereocenters. The number of amides is 1. The number of benzene rings is 1. The minimum atomic E-state index is 0.0385. The van der Waals surface area contributed by atoms with Gasteiger partial charge in [0.2, 0.25) is 5.91 Å². The van der Waals surface area contributed by atoms with E-state index in [1.165, 1.54) is 16.7 Å². The number of nitrogens with two attached hydrogens (primary N) is 1. The van der Waals surface area contributed by atoms with Crippen LogP contribution < -0.4 is 20.4 Å². The third-order valence-electron chi connectivity index (χ3n) is 9.18. The quantitative estimate of drug-likeness (QED) is 0.425. The fourth-order valence-corrected chi connectivity index (χ4v) is 7.07. The van der Waals surface area contributed by atoms with Crippen molar-refractivity contribution in [1.82, 2.24) is 25.1 Å². The van der Waals surface area contributed by atoms with E-state index in [2.05, 4.69) is 49.2 Å². The first kappa shape index (κ1) is 22.0. The smallest absolute Gasteiger partial charge is 0.227 e. The van der Waals surface area contributed by atoms with Gasteiger partial charge in [-0.1, -0.05) is 12.1 Å². The molecule has 4 aliphatic rings. The zero-order valence-electron chi connectivity index (χ0n) is 21.1. The SMILES string of the molecule is N[C@@H]1c2cnccc2CC12CCN(c1cnc3c(N4CCN5C(=O)CCc6cccc4c65)n[nH]c3n1)CC2. The van der Waals surface area contributed by atoms with E-state index in [-0.39, 0.29) is 17.4 Å². The number of nitrogens with one attached hydrogen (secondary N) is 1. The normalized spacial score (nSPS) is 21.8. The average Bonchev–Trinajstić information content (AvgIpc) is 3.49. The summed E-state index contributed by atoms with van der Waals surface area (Å²) in [5.74, 6) is 1.81. The number of H-pyrrole nitrogens is 1. The first-order valence-corrected chi connectivity index (χ1v) is 13.5. The molecule has 1 saturated heterocycles. The number of fused-ring (bicyclic) bond motifs is 2. The molecule has 1 fully saturated rings. The molecule has 10 heteroatoms. The molecule has 0 saturated carbocycles. The van der Waals surface area contributed by atoms with Gasteiger partial charge in [0.1, 0.15) is 5.82 Å². The second kappa shape index (κ2) is 7.97. The zero-order valence-corrected chi connectivity index (χ0v) is 21.1. The van der Waals surface area contributed by atoms with Crippen LogP contribution in [0.2, 0.25) is 0 Å². The van der Waals surface area contributed by atoms with Crippen LogP contribution in [0.4, 0.5) is 23.0 Å². The van der Waals surface area contributed by atoms with Crippen LogP contribution in [0.1, 0.15) is 42.0 Å². The Morgan fingerprint density at radius 3 is 2.74 bits per heavy atom. The van der Waals surface area contributed by atoms with Crippen molar-refractivity contribution in [2.45, 2.75) is 38.1 Å². The van der Waals surface area contributed by atoms with Gasteiger partial charge in [0.15, 0.2) is 17.0 Å². The summed E-state index contributed by atoms with van der Waals surface area (Å²) >= 11 is 0. The summed E-state index contributed by atoms with van der Waals surface area (Å²) in [7, 11) is 0. The minimum absolute atomic E-state index is 0.0385. The Labute approximate surface area is 219 Å². The lowest BCUT2D eigenvalue weighted by molar-refractivity contribution is -0.118. The lowest BCUT2D eigenvalue weighted by atomic mass is 9.73. The van der Waals surface area contributed by atoms with E-state index in [0.717, 1.165) is 67.3 Å². The van der Waals surface area contributed by atoms with Crippen molar-refractivity contribution in [3.05, 3.63) is 59.5 Å². The number of piperidine rings is 1. The van der Waals surface area contributed by atoms with Gasteiger partial charge in [-0.25, -0.2) is 9.97 Å². The Bertz CT molecular complexity index is 1590. The van der Waals surface area contributed by atoms with Crippen molar-refractivity contribution in [3.63, 3.8) is 0 Å². The van der Waals surface area contributed by atoms with Crippen LogP contribution in [0.5, 0.6) is 0 Å². The highest BCUT2D eigenvalue weighted by Gasteiger charge is 2.46. The standard InChI is InChI=1S/C28H29N9O/c29-25-19-15-30-9-6-18(19)14-28(25)7-10-35(11-8-28)21-16-31-23-26(32-21)33-34-27(23)36-12-13-37-22(38)5-4-17-2-1-3-20(36)24(17)37/h1-3,6,9,15-16,25H,4-5,7-8,10-14,29H2,(H,32,33,34)/t25-/m1/s1. The first-order valence-electron chi connectivity index (χ1n) is 13.5. The van der Waals surface area contributed by atoms with Crippen molar-refractivity contribution < 1.29 is 4.79 Å². The number of nitrogens with zero attached hydrogens (tertiary/aromatic N) is 7. The number of hydrogen-bond acceptors (Lipinski definition) is 8. The number of hydrogen-bond donors (Lipinski definition) is 2. The molecule has 10 nitrogen and oxygen atoms in total. The van der Waals surface area contributed by atoms with E-state index in [1.807, 2.05) is 23.5 Å². The third kappa shape index (κ3) is 3.06. The molecule has 0 bridgehead atoms. The van der Waals surface area contributed by atoms with Crippen molar-refractivity contribution in [1.29, 1.82) is 0 Å². The summed E-state index contributed by atoms with van der Waals surface area (Å²) in [6.07, 6.45) is 10.1. The molecule has 38 heavy (non-hydrogen) atoms. The van der Waals surface area contributed by atoms with Crippen LogP contribution in [0, 0.1) is 5.41 Å². The molecule has 3 aromatic heterocycles. The topological polar surface area (TPSA) is 120 Å². The molecule has 1 spiro atoms. The van der Waals surface area contributed by atoms with E-state index < -0.39 is 0 Å². The molecular weight excluding hydrogens is 478 g/mol. The summed E-state index contributed by atoms with van der Waals surface area (Å²) in [6.45, 7) is 3.09. The van der Waals surface area contributed by atoms with Gasteiger partial charge in [-0.05, 0) is 59.9 Å². The van der Waals surface area contributed by atoms with Gasteiger partial charge in [0.05, 0.1) is 17.6 Å². The number of aromatic nitrogens is 5. The molecule has 1 aromatic carbocycles. The number of carbonyl (C=O) groups is 1. The predicted octanol–water partition coefficient (Wildman–Crippen LogP) is 3.02. The lowest BCUT2D eigenvalue weighted by Gasteiger charge is -2.42. The lowest BCUT2D eigenvalue weighted by Crippen LogP contribution is -2.45. The van der Waals surface area contributed by atoms with Gasteiger partial charge in [0.25, 0.3) is 0 Å². The van der Waals surface area contributed by atoms with Gasteiger partial charge in [-0.15, -0.1) is 0 Å². The molecule has 3 N–H and O–H groups in total. The van der Waals surface area contributed by atoms with Gasteiger partial charge < -0.3 is 20.4 Å². The molecule has 192 valence electrons. The largest absolute Gasteiger partial charge is 0.355 e. The molecule has 4 aromatic rings. The summed E-state index contributed by atoms with van der Waals surface area (Å²) in [6, 6.07) is 8.41. The van der Waals surface area contributed by atoms with Crippen molar-refractivity contribution in [2.75, 3.05) is 40.9 Å². The van der Waals surface area contributed by atoms with Crippen LogP contribution in [-0.4, -0.2) is 57.2 Å². The van der Waals surface area contributed by atoms with Crippen molar-refractivity contribution >= 4 is 40.1 Å². The molecule has 0 unspecified atom stereocenters. The van der Waals surface area contributed by atoms with E-state index in [4.69, 9.17) is 15.7 Å². The zero-order chi connectivity index (χ0) is 25.4. The van der Waals surface area contributed by atoms with E-state index in [1.54, 1.807) is 0 Å². The second-order valence-corrected chi connectivity index (χ2v) is 11.0. The van der Waals surface area contributed by atoms with Gasteiger partial charge in [-0.2, -0.15) is 5.10 Å². The molecule has 0 radical (unpaired) electrons. The van der Waals surface area contributed by atoms with Crippen LogP contribution in [0.25, 0.3) is 11.2 Å². The molecule has 8 rings (SSSR count). The Kier molecular flexibility index (Phi) is 4.61. The highest BCUT2D eigenvalue weighted by molar-refractivity contribution is 6.03. The van der Waals surface area contributed by atoms with E-state index in [0.29, 0.717) is 25.2 Å². The first-order chi connectivity index (χ1) is 18.6. The van der Waals surface area contributed by atoms with Crippen molar-refractivity contribution in [2.24, 2.45) is 11.1 Å². The fraction of sp³-hybridized carbons (Fsp3) is 0.393. The highest BCUT2D eigenvalue weighted by atomic mass is 16.2. The maximum Gasteiger partial charge on any atom is 0.227 e. The summed E-state index contributed by atoms with van der Waals surface area (Å²) in [4.78, 5) is 33.0. The number of para-hydroxylation sites is 1. The number of rotatable bonds is 2. The van der Waals surface area contributed by atoms with E-state index in [9.17, 15) is 4.79 Å². The average molecular weight is 508 g/mol. The molecule has 6 heterocycles. The fourth-order valence-electron chi connectivity index (χ4n) is 7.07. The van der Waals surface area contributed by atoms with Crippen molar-refractivity contribution in [3.8, 4) is 0 Å². The summed E-state index contributed by atoms with van der Waals surface area (Å²) < 4.78 is 0. The van der Waals surface area contributed by atoms with Gasteiger partial charge >= 0.3 is 0 Å². The Hall–Kier alpha value is -4.05. The Morgan fingerprint density at radius 2 is 1.87 bits per heavy atom. The molecule has 3 aliphatic heterocycles. The number of pyridine rings is 1. The van der Waals surface area contributed by atoms with Crippen LogP contribution >= 0.6 is 0 Å². The summed E-state index contributed by atoms with van der Waals surface area (Å²) in [5.41, 5.74) is 14.0. The summed E-state index contributed by atoms with van der Waals surface area (Å²) in [5, 5.41) is 7.77. The monoisotopic (exact) mass is 507 g/mol. The highest BCUT2D eigenvalue weighted by Crippen LogP contribution is 2.51. The Balaban J connectivity index is 1.06. The number of aryl methyl sites for hydroxylation is 1. The number of anilines is 4. The second-order valence-electron chi connectivity index (χ2n) is 11.0. The maximum atomic E-state index is 12.6. The predicted molar refractivity (Wildman–Crippen MR) is 145 cm³/mol. The van der Waals surface area contributed by atoms with Gasteiger partial charge in [-0.3, -0.25) is 14.9 Å². The van der Waals surface area contributed by atoms with Crippen LogP contribution in [0.15, 0.2) is 42.9 Å². The minimum Gasteiger partial charge on any atom is -0.355 e. The van der Waals surface area contributed by atoms with E-state index >= 15 is 0 Å². The van der Waals surface area contributed by atoms with Crippen LogP contribution in [-0.2, 0) is 17.6 Å². The Morgan fingerprint density at radius 1 is 1.00 bits per heavy atom. The molecule has 1 aliphatic carbocycles. The number of carbonyl (C=O) groups excluding carboxylic acids is 1. The molecule has 1 amide bonds. The van der Waals surface area contributed by atoms with Gasteiger partial charge in [0, 0.05) is 51.0 Å². The maximum absolute atomic E-state index is 12.6. The van der Waals surface area contributed by atoms with Crippen LogP contribution in [0.3, 0.4) is 0 Å².